The summed E-state index contributed by atoms with van der Waals surface area (Å²) in [6.45, 7) is 1.88. The number of hydrogen-bond acceptors (Lipinski definition) is 4. The van der Waals surface area contributed by atoms with Gasteiger partial charge in [-0.3, -0.25) is 10.1 Å². The van der Waals surface area contributed by atoms with Crippen molar-refractivity contribution >= 4 is 5.69 Å². The first-order chi connectivity index (χ1) is 9.06. The number of hydrogen-bond donors (Lipinski definition) is 1. The third-order valence-electron chi connectivity index (χ3n) is 2.65. The number of ether oxygens (including phenoxy) is 1. The fourth-order valence-electron chi connectivity index (χ4n) is 1.66. The molecule has 0 saturated heterocycles. The predicted molar refractivity (Wildman–Crippen MR) is 72.2 cm³/mol. The van der Waals surface area contributed by atoms with E-state index in [1.54, 1.807) is 18.2 Å². The van der Waals surface area contributed by atoms with Crippen LogP contribution in [-0.4, -0.2) is 4.92 Å². The van der Waals surface area contributed by atoms with Crippen molar-refractivity contribution in [3.8, 4) is 11.5 Å². The fourth-order valence-corrected chi connectivity index (χ4v) is 1.66. The standard InChI is InChI=1S/C14H14N2O3/c1-10(15)11-4-2-6-13(8-11)19-14-7-3-5-12(9-14)16(17)18/h2-10H,15H2,1H3. The SMILES string of the molecule is CC(N)c1cccc(Oc2cccc([N+](=O)[O-])c2)c1. The van der Waals surface area contributed by atoms with Gasteiger partial charge in [0, 0.05) is 12.1 Å². The molecule has 2 aromatic rings. The number of nitro groups is 1. The molecule has 0 bridgehead atoms. The lowest BCUT2D eigenvalue weighted by molar-refractivity contribution is -0.384. The van der Waals surface area contributed by atoms with Crippen molar-refractivity contribution in [2.75, 3.05) is 0 Å². The van der Waals surface area contributed by atoms with E-state index in [9.17, 15) is 10.1 Å². The Labute approximate surface area is 110 Å². The van der Waals surface area contributed by atoms with Crippen LogP contribution in [-0.2, 0) is 0 Å². The Morgan fingerprint density at radius 3 is 2.42 bits per heavy atom. The van der Waals surface area contributed by atoms with Gasteiger partial charge in [0.05, 0.1) is 11.0 Å². The number of benzene rings is 2. The van der Waals surface area contributed by atoms with Crippen molar-refractivity contribution in [1.29, 1.82) is 0 Å². The molecule has 1 unspecified atom stereocenters. The Kier molecular flexibility index (Phi) is 3.77. The summed E-state index contributed by atoms with van der Waals surface area (Å²) in [6, 6.07) is 13.3. The summed E-state index contributed by atoms with van der Waals surface area (Å²) >= 11 is 0. The van der Waals surface area contributed by atoms with Crippen LogP contribution >= 0.6 is 0 Å². The molecule has 0 saturated carbocycles. The zero-order valence-corrected chi connectivity index (χ0v) is 10.4. The van der Waals surface area contributed by atoms with E-state index in [0.29, 0.717) is 11.5 Å². The molecule has 0 heterocycles. The highest BCUT2D eigenvalue weighted by Crippen LogP contribution is 2.26. The highest BCUT2D eigenvalue weighted by molar-refractivity contribution is 5.41. The normalized spacial score (nSPS) is 11.9. The molecule has 0 fully saturated rings. The van der Waals surface area contributed by atoms with Gasteiger partial charge in [-0.1, -0.05) is 18.2 Å². The minimum Gasteiger partial charge on any atom is -0.457 e. The smallest absolute Gasteiger partial charge is 0.273 e. The highest BCUT2D eigenvalue weighted by Gasteiger charge is 2.07. The summed E-state index contributed by atoms with van der Waals surface area (Å²) in [5, 5.41) is 10.7. The van der Waals surface area contributed by atoms with Crippen LogP contribution < -0.4 is 10.5 Å². The van der Waals surface area contributed by atoms with Crippen molar-refractivity contribution in [2.45, 2.75) is 13.0 Å². The number of nitrogens with zero attached hydrogens (tertiary/aromatic N) is 1. The van der Waals surface area contributed by atoms with Gasteiger partial charge in [-0.25, -0.2) is 0 Å². The maximum absolute atomic E-state index is 10.7. The van der Waals surface area contributed by atoms with Crippen LogP contribution in [0.15, 0.2) is 48.5 Å². The summed E-state index contributed by atoms with van der Waals surface area (Å²) in [5.74, 6) is 1.03. The van der Waals surface area contributed by atoms with E-state index in [1.165, 1.54) is 12.1 Å². The maximum Gasteiger partial charge on any atom is 0.273 e. The van der Waals surface area contributed by atoms with Crippen molar-refractivity contribution in [3.63, 3.8) is 0 Å². The van der Waals surface area contributed by atoms with Crippen LogP contribution in [0.3, 0.4) is 0 Å². The zero-order chi connectivity index (χ0) is 13.8. The first-order valence-electron chi connectivity index (χ1n) is 5.84. The quantitative estimate of drug-likeness (QED) is 0.673. The predicted octanol–water partition coefficient (Wildman–Crippen LogP) is 3.41. The Morgan fingerprint density at radius 1 is 1.16 bits per heavy atom. The molecule has 0 aliphatic rings. The molecule has 1 atom stereocenters. The molecule has 5 heteroatoms. The molecule has 2 N–H and O–H groups in total. The molecule has 2 aromatic carbocycles. The number of nitro benzene ring substituents is 1. The molecule has 19 heavy (non-hydrogen) atoms. The summed E-state index contributed by atoms with van der Waals surface area (Å²) in [4.78, 5) is 10.2. The van der Waals surface area contributed by atoms with E-state index in [-0.39, 0.29) is 11.7 Å². The second kappa shape index (κ2) is 5.49. The first kappa shape index (κ1) is 13.0. The third-order valence-corrected chi connectivity index (χ3v) is 2.65. The second-order valence-electron chi connectivity index (χ2n) is 4.22. The van der Waals surface area contributed by atoms with Crippen molar-refractivity contribution in [3.05, 3.63) is 64.2 Å². The molecule has 0 radical (unpaired) electrons. The molecule has 0 aromatic heterocycles. The van der Waals surface area contributed by atoms with E-state index < -0.39 is 4.92 Å². The Morgan fingerprint density at radius 2 is 1.79 bits per heavy atom. The largest absolute Gasteiger partial charge is 0.457 e. The first-order valence-corrected chi connectivity index (χ1v) is 5.84. The van der Waals surface area contributed by atoms with Gasteiger partial charge < -0.3 is 10.5 Å². The van der Waals surface area contributed by atoms with Crippen LogP contribution in [0.1, 0.15) is 18.5 Å². The van der Waals surface area contributed by atoms with Crippen LogP contribution in [0.2, 0.25) is 0 Å². The van der Waals surface area contributed by atoms with Gasteiger partial charge in [0.25, 0.3) is 5.69 Å². The lowest BCUT2D eigenvalue weighted by atomic mass is 10.1. The molecular weight excluding hydrogens is 244 g/mol. The van der Waals surface area contributed by atoms with E-state index in [1.807, 2.05) is 25.1 Å². The molecule has 98 valence electrons. The van der Waals surface area contributed by atoms with Crippen LogP contribution in [0, 0.1) is 10.1 Å². The van der Waals surface area contributed by atoms with Crippen molar-refractivity contribution in [1.82, 2.24) is 0 Å². The average Bonchev–Trinajstić information content (AvgIpc) is 2.39. The van der Waals surface area contributed by atoms with Crippen LogP contribution in [0.5, 0.6) is 11.5 Å². The van der Waals surface area contributed by atoms with Crippen molar-refractivity contribution < 1.29 is 9.66 Å². The Balaban J connectivity index is 2.23. The molecule has 0 aliphatic carbocycles. The summed E-state index contributed by atoms with van der Waals surface area (Å²) < 4.78 is 5.60. The minimum atomic E-state index is -0.453. The lowest BCUT2D eigenvalue weighted by Crippen LogP contribution is -2.04. The molecule has 0 amide bonds. The van der Waals surface area contributed by atoms with Gasteiger partial charge in [-0.15, -0.1) is 0 Å². The van der Waals surface area contributed by atoms with E-state index in [0.717, 1.165) is 5.56 Å². The van der Waals surface area contributed by atoms with Gasteiger partial charge in [0.1, 0.15) is 11.5 Å². The Hall–Kier alpha value is -2.40. The van der Waals surface area contributed by atoms with Crippen LogP contribution in [0.25, 0.3) is 0 Å². The molecule has 0 aliphatic heterocycles. The van der Waals surface area contributed by atoms with E-state index in [2.05, 4.69) is 0 Å². The van der Waals surface area contributed by atoms with E-state index in [4.69, 9.17) is 10.5 Å². The highest BCUT2D eigenvalue weighted by atomic mass is 16.6. The monoisotopic (exact) mass is 258 g/mol. The summed E-state index contributed by atoms with van der Waals surface area (Å²) in [6.07, 6.45) is 0. The van der Waals surface area contributed by atoms with Crippen molar-refractivity contribution in [2.24, 2.45) is 5.73 Å². The average molecular weight is 258 g/mol. The summed E-state index contributed by atoms with van der Waals surface area (Å²) in [5.41, 5.74) is 6.74. The topological polar surface area (TPSA) is 78.4 Å². The minimum absolute atomic E-state index is 0.000785. The number of rotatable bonds is 4. The molecule has 2 rings (SSSR count). The molecular formula is C14H14N2O3. The van der Waals surface area contributed by atoms with Gasteiger partial charge in [0.2, 0.25) is 0 Å². The Bertz CT molecular complexity index is 597. The lowest BCUT2D eigenvalue weighted by Gasteiger charge is -2.09. The second-order valence-corrected chi connectivity index (χ2v) is 4.22. The van der Waals surface area contributed by atoms with E-state index >= 15 is 0 Å². The fraction of sp³-hybridized carbons (Fsp3) is 0.143. The van der Waals surface area contributed by atoms with Crippen LogP contribution in [0.4, 0.5) is 5.69 Å². The van der Waals surface area contributed by atoms with Gasteiger partial charge in [-0.2, -0.15) is 0 Å². The zero-order valence-electron chi connectivity index (χ0n) is 10.4. The number of non-ortho nitro benzene ring substituents is 1. The van der Waals surface area contributed by atoms with Gasteiger partial charge >= 0.3 is 0 Å². The summed E-state index contributed by atoms with van der Waals surface area (Å²) in [7, 11) is 0. The molecule has 0 spiro atoms. The molecule has 5 nitrogen and oxygen atoms in total. The third kappa shape index (κ3) is 3.29. The van der Waals surface area contributed by atoms with Gasteiger partial charge in [0.15, 0.2) is 0 Å². The maximum atomic E-state index is 10.7. The number of nitrogens with two attached hydrogens (primary N) is 1. The van der Waals surface area contributed by atoms with Gasteiger partial charge in [-0.05, 0) is 30.7 Å².